The molecule has 2 atom stereocenters. The highest BCUT2D eigenvalue weighted by molar-refractivity contribution is 5.81. The number of hydrogen-bond acceptors (Lipinski definition) is 3. The van der Waals surface area contributed by atoms with Gasteiger partial charge in [-0.25, -0.2) is 0 Å². The molecule has 0 saturated carbocycles. The topological polar surface area (TPSA) is 52.3 Å². The maximum absolute atomic E-state index is 11.9. The Bertz CT molecular complexity index is 364. The van der Waals surface area contributed by atoms with Crippen LogP contribution in [0.2, 0.25) is 0 Å². The van der Waals surface area contributed by atoms with Crippen molar-refractivity contribution in [2.45, 2.75) is 32.2 Å². The van der Waals surface area contributed by atoms with Gasteiger partial charge in [0.05, 0.1) is 7.11 Å². The van der Waals surface area contributed by atoms with Crippen LogP contribution in [-0.4, -0.2) is 18.6 Å². The van der Waals surface area contributed by atoms with Crippen molar-refractivity contribution in [3.63, 3.8) is 0 Å². The number of carbonyl (C=O) groups is 1. The number of ether oxygens (including phenoxy) is 1. The Hall–Kier alpha value is -1.35. The lowest BCUT2D eigenvalue weighted by atomic mass is 9.79. The average Bonchev–Trinajstić information content (AvgIpc) is 2.37. The number of rotatable bonds is 5. The fourth-order valence-corrected chi connectivity index (χ4v) is 1.94. The van der Waals surface area contributed by atoms with Crippen molar-refractivity contribution in [2.24, 2.45) is 11.7 Å². The highest BCUT2D eigenvalue weighted by atomic mass is 16.5. The number of benzene rings is 1. The minimum atomic E-state index is -0.940. The second kappa shape index (κ2) is 5.82. The first kappa shape index (κ1) is 13.7. The standard InChI is InChI=1S/C14H21NO2/c1-4-11(2)14(15,13(16)17-3)10-12-8-6-5-7-9-12/h5-9,11H,4,10,15H2,1-3H3/t11-,14+/m0/s1. The molecule has 1 aromatic rings. The molecule has 0 amide bonds. The quantitative estimate of drug-likeness (QED) is 0.796. The molecule has 1 rings (SSSR count). The molecule has 3 heteroatoms. The minimum absolute atomic E-state index is 0.0788. The molecule has 0 heterocycles. The van der Waals surface area contributed by atoms with Gasteiger partial charge in [0.25, 0.3) is 0 Å². The van der Waals surface area contributed by atoms with Crippen LogP contribution in [0.25, 0.3) is 0 Å². The molecule has 0 aliphatic heterocycles. The van der Waals surface area contributed by atoms with E-state index >= 15 is 0 Å². The molecule has 0 unspecified atom stereocenters. The van der Waals surface area contributed by atoms with Crippen molar-refractivity contribution >= 4 is 5.97 Å². The summed E-state index contributed by atoms with van der Waals surface area (Å²) in [4.78, 5) is 11.9. The van der Waals surface area contributed by atoms with Crippen molar-refractivity contribution in [3.05, 3.63) is 35.9 Å². The van der Waals surface area contributed by atoms with Crippen LogP contribution in [0, 0.1) is 5.92 Å². The molecular weight excluding hydrogens is 214 g/mol. The van der Waals surface area contributed by atoms with E-state index in [-0.39, 0.29) is 11.9 Å². The van der Waals surface area contributed by atoms with Gasteiger partial charge in [-0.15, -0.1) is 0 Å². The Balaban J connectivity index is 2.96. The van der Waals surface area contributed by atoms with Gasteiger partial charge in [0.2, 0.25) is 0 Å². The van der Waals surface area contributed by atoms with Gasteiger partial charge in [0.1, 0.15) is 5.54 Å². The summed E-state index contributed by atoms with van der Waals surface area (Å²) in [5, 5.41) is 0. The van der Waals surface area contributed by atoms with E-state index in [9.17, 15) is 4.79 Å². The zero-order valence-electron chi connectivity index (χ0n) is 10.8. The molecule has 17 heavy (non-hydrogen) atoms. The third-order valence-corrected chi connectivity index (χ3v) is 3.40. The second-order valence-corrected chi connectivity index (χ2v) is 4.50. The first-order chi connectivity index (χ1) is 8.04. The summed E-state index contributed by atoms with van der Waals surface area (Å²) in [6, 6.07) is 9.80. The predicted molar refractivity (Wildman–Crippen MR) is 68.5 cm³/mol. The molecule has 0 bridgehead atoms. The van der Waals surface area contributed by atoms with Crippen LogP contribution < -0.4 is 5.73 Å². The van der Waals surface area contributed by atoms with E-state index in [2.05, 4.69) is 0 Å². The molecule has 0 fully saturated rings. The monoisotopic (exact) mass is 235 g/mol. The minimum Gasteiger partial charge on any atom is -0.468 e. The largest absolute Gasteiger partial charge is 0.468 e. The maximum Gasteiger partial charge on any atom is 0.326 e. The number of esters is 1. The Kier molecular flexibility index (Phi) is 4.70. The van der Waals surface area contributed by atoms with Crippen LogP contribution in [0.1, 0.15) is 25.8 Å². The third kappa shape index (κ3) is 3.07. The van der Waals surface area contributed by atoms with Crippen molar-refractivity contribution in [1.29, 1.82) is 0 Å². The van der Waals surface area contributed by atoms with Crippen molar-refractivity contribution in [3.8, 4) is 0 Å². The highest BCUT2D eigenvalue weighted by Gasteiger charge is 2.39. The maximum atomic E-state index is 11.9. The lowest BCUT2D eigenvalue weighted by Gasteiger charge is -2.32. The highest BCUT2D eigenvalue weighted by Crippen LogP contribution is 2.24. The van der Waals surface area contributed by atoms with Gasteiger partial charge < -0.3 is 10.5 Å². The smallest absolute Gasteiger partial charge is 0.326 e. The molecule has 2 N–H and O–H groups in total. The van der Waals surface area contributed by atoms with Crippen LogP contribution in [0.15, 0.2) is 30.3 Å². The number of methoxy groups -OCH3 is 1. The molecule has 0 radical (unpaired) electrons. The first-order valence-electron chi connectivity index (χ1n) is 5.95. The summed E-state index contributed by atoms with van der Waals surface area (Å²) in [5.74, 6) is -0.258. The number of nitrogens with two attached hydrogens (primary N) is 1. The van der Waals surface area contributed by atoms with E-state index in [1.54, 1.807) is 0 Å². The van der Waals surface area contributed by atoms with Crippen LogP contribution >= 0.6 is 0 Å². The van der Waals surface area contributed by atoms with E-state index in [0.717, 1.165) is 12.0 Å². The molecule has 0 aliphatic carbocycles. The van der Waals surface area contributed by atoms with Gasteiger partial charge in [-0.1, -0.05) is 50.6 Å². The molecule has 0 spiro atoms. The van der Waals surface area contributed by atoms with Crippen LogP contribution in [-0.2, 0) is 16.0 Å². The molecule has 0 aliphatic rings. The fraction of sp³-hybridized carbons (Fsp3) is 0.500. The van der Waals surface area contributed by atoms with Gasteiger partial charge in [0, 0.05) is 6.42 Å². The van der Waals surface area contributed by atoms with Crippen LogP contribution in [0.3, 0.4) is 0 Å². The van der Waals surface area contributed by atoms with Gasteiger partial charge in [-0.05, 0) is 11.5 Å². The normalized spacial score (nSPS) is 16.0. The van der Waals surface area contributed by atoms with Gasteiger partial charge in [-0.3, -0.25) is 4.79 Å². The number of carbonyl (C=O) groups excluding carboxylic acids is 1. The first-order valence-corrected chi connectivity index (χ1v) is 5.95. The summed E-state index contributed by atoms with van der Waals surface area (Å²) in [6.45, 7) is 4.01. The average molecular weight is 235 g/mol. The summed E-state index contributed by atoms with van der Waals surface area (Å²) in [5.41, 5.74) is 6.38. The molecule has 0 aromatic heterocycles. The SMILES string of the molecule is CC[C@H](C)[C@](N)(Cc1ccccc1)C(=O)OC. The summed E-state index contributed by atoms with van der Waals surface area (Å²) < 4.78 is 4.85. The fourth-order valence-electron chi connectivity index (χ4n) is 1.94. The van der Waals surface area contributed by atoms with Crippen LogP contribution in [0.5, 0.6) is 0 Å². The van der Waals surface area contributed by atoms with Crippen molar-refractivity contribution < 1.29 is 9.53 Å². The summed E-state index contributed by atoms with van der Waals surface area (Å²) >= 11 is 0. The Morgan fingerprint density at radius 3 is 2.47 bits per heavy atom. The van der Waals surface area contributed by atoms with Crippen LogP contribution in [0.4, 0.5) is 0 Å². The Morgan fingerprint density at radius 1 is 1.41 bits per heavy atom. The predicted octanol–water partition coefficient (Wildman–Crippen LogP) is 2.15. The number of hydrogen-bond donors (Lipinski definition) is 1. The lowest BCUT2D eigenvalue weighted by molar-refractivity contribution is -0.149. The molecule has 94 valence electrons. The molecule has 1 aromatic carbocycles. The van der Waals surface area contributed by atoms with E-state index in [1.807, 2.05) is 44.2 Å². The zero-order chi connectivity index (χ0) is 12.9. The van der Waals surface area contributed by atoms with E-state index in [1.165, 1.54) is 7.11 Å². The van der Waals surface area contributed by atoms with Gasteiger partial charge in [-0.2, -0.15) is 0 Å². The molecule has 3 nitrogen and oxygen atoms in total. The second-order valence-electron chi connectivity index (χ2n) is 4.50. The Labute approximate surface area is 103 Å². The van der Waals surface area contributed by atoms with Gasteiger partial charge >= 0.3 is 5.97 Å². The summed E-state index contributed by atoms with van der Waals surface area (Å²) in [7, 11) is 1.39. The molecule has 0 saturated heterocycles. The van der Waals surface area contributed by atoms with Crippen molar-refractivity contribution in [1.82, 2.24) is 0 Å². The summed E-state index contributed by atoms with van der Waals surface area (Å²) in [6.07, 6.45) is 1.36. The van der Waals surface area contributed by atoms with Gasteiger partial charge in [0.15, 0.2) is 0 Å². The van der Waals surface area contributed by atoms with Crippen molar-refractivity contribution in [2.75, 3.05) is 7.11 Å². The third-order valence-electron chi connectivity index (χ3n) is 3.40. The van der Waals surface area contributed by atoms with E-state index in [4.69, 9.17) is 10.5 Å². The Morgan fingerprint density at radius 2 is 2.00 bits per heavy atom. The lowest BCUT2D eigenvalue weighted by Crippen LogP contribution is -2.55. The molecular formula is C14H21NO2. The van der Waals surface area contributed by atoms with E-state index in [0.29, 0.717) is 6.42 Å². The van der Waals surface area contributed by atoms with E-state index < -0.39 is 5.54 Å². The zero-order valence-corrected chi connectivity index (χ0v) is 10.8.